The first kappa shape index (κ1) is 14.1. The molecule has 2 rings (SSSR count). The number of nitrogen functional groups attached to an aromatic ring is 1. The summed E-state index contributed by atoms with van der Waals surface area (Å²) in [6.07, 6.45) is 9.41. The van der Waals surface area contributed by atoms with Gasteiger partial charge in [-0.15, -0.1) is 0 Å². The molecular weight excluding hydrogens is 258 g/mol. The highest BCUT2D eigenvalue weighted by Gasteiger charge is 2.07. The second-order valence-corrected chi connectivity index (χ2v) is 5.67. The molecule has 0 aliphatic carbocycles. The number of anilines is 1. The molecule has 0 amide bonds. The summed E-state index contributed by atoms with van der Waals surface area (Å²) in [6.45, 7) is 2.24. The van der Waals surface area contributed by atoms with Crippen LogP contribution >= 0.6 is 11.8 Å². The number of nitrogens with two attached hydrogens (primary N) is 1. The van der Waals surface area contributed by atoms with E-state index in [0.717, 1.165) is 16.4 Å². The van der Waals surface area contributed by atoms with Crippen molar-refractivity contribution in [1.29, 1.82) is 0 Å². The molecule has 0 radical (unpaired) electrons. The molecule has 0 spiro atoms. The average Bonchev–Trinajstić information content (AvgIpc) is 2.86. The normalized spacial score (nSPS) is 11.2. The van der Waals surface area contributed by atoms with E-state index in [-0.39, 0.29) is 0 Å². The highest BCUT2D eigenvalue weighted by molar-refractivity contribution is 7.99. The van der Waals surface area contributed by atoms with Crippen LogP contribution in [0.3, 0.4) is 0 Å². The SMILES string of the molecule is CCCCCCCCSc1nc(N)c2[nH]cnc2n1. The molecule has 0 atom stereocenters. The first-order valence-electron chi connectivity index (χ1n) is 6.90. The minimum Gasteiger partial charge on any atom is -0.382 e. The van der Waals surface area contributed by atoms with Crippen LogP contribution in [0.15, 0.2) is 11.5 Å². The van der Waals surface area contributed by atoms with Gasteiger partial charge in [0.2, 0.25) is 0 Å². The predicted molar refractivity (Wildman–Crippen MR) is 80.2 cm³/mol. The Morgan fingerprint density at radius 3 is 2.79 bits per heavy atom. The van der Waals surface area contributed by atoms with Crippen LogP contribution in [0.5, 0.6) is 0 Å². The second-order valence-electron chi connectivity index (χ2n) is 4.61. The summed E-state index contributed by atoms with van der Waals surface area (Å²) < 4.78 is 0. The van der Waals surface area contributed by atoms with Crippen molar-refractivity contribution in [3.8, 4) is 0 Å². The molecule has 2 heterocycles. The number of rotatable bonds is 8. The van der Waals surface area contributed by atoms with Gasteiger partial charge in [-0.1, -0.05) is 50.8 Å². The fourth-order valence-electron chi connectivity index (χ4n) is 1.95. The van der Waals surface area contributed by atoms with Gasteiger partial charge in [-0.05, 0) is 6.42 Å². The van der Waals surface area contributed by atoms with E-state index in [4.69, 9.17) is 5.73 Å². The van der Waals surface area contributed by atoms with Crippen molar-refractivity contribution in [2.45, 2.75) is 50.6 Å². The van der Waals surface area contributed by atoms with E-state index < -0.39 is 0 Å². The number of nitrogens with one attached hydrogen (secondary N) is 1. The third-order valence-corrected chi connectivity index (χ3v) is 3.96. The van der Waals surface area contributed by atoms with Crippen LogP contribution in [0, 0.1) is 0 Å². The third-order valence-electron chi connectivity index (χ3n) is 3.02. The maximum absolute atomic E-state index is 5.85. The van der Waals surface area contributed by atoms with Gasteiger partial charge in [0.15, 0.2) is 16.6 Å². The van der Waals surface area contributed by atoms with Crippen LogP contribution in [0.4, 0.5) is 5.82 Å². The first-order chi connectivity index (χ1) is 9.31. The summed E-state index contributed by atoms with van der Waals surface area (Å²) in [5, 5.41) is 0.727. The largest absolute Gasteiger partial charge is 0.382 e. The van der Waals surface area contributed by atoms with Crippen LogP contribution in [0.25, 0.3) is 11.2 Å². The molecule has 0 unspecified atom stereocenters. The Hall–Kier alpha value is -1.30. The Labute approximate surface area is 117 Å². The quantitative estimate of drug-likeness (QED) is 0.440. The predicted octanol–water partition coefficient (Wildman–Crippen LogP) is 3.39. The topological polar surface area (TPSA) is 80.5 Å². The van der Waals surface area contributed by atoms with Gasteiger partial charge in [-0.3, -0.25) is 0 Å². The molecule has 0 fully saturated rings. The Morgan fingerprint density at radius 2 is 1.95 bits per heavy atom. The summed E-state index contributed by atoms with van der Waals surface area (Å²) in [4.78, 5) is 15.7. The van der Waals surface area contributed by atoms with Crippen LogP contribution in [-0.2, 0) is 0 Å². The van der Waals surface area contributed by atoms with Crippen LogP contribution in [0.2, 0.25) is 0 Å². The lowest BCUT2D eigenvalue weighted by atomic mass is 10.1. The number of unbranched alkanes of at least 4 members (excludes halogenated alkanes) is 5. The summed E-state index contributed by atoms with van der Waals surface area (Å²) in [7, 11) is 0. The van der Waals surface area contributed by atoms with E-state index in [2.05, 4.69) is 26.9 Å². The molecule has 0 saturated heterocycles. The molecule has 2 aromatic rings. The standard InChI is InChI=1S/C13H21N5S/c1-2-3-4-5-6-7-8-19-13-17-11(14)10-12(18-13)16-9-15-10/h9H,2-8H2,1H3,(H3,14,15,16,17,18). The van der Waals surface area contributed by atoms with Crippen molar-refractivity contribution in [3.05, 3.63) is 6.33 Å². The van der Waals surface area contributed by atoms with Crippen molar-refractivity contribution in [1.82, 2.24) is 19.9 Å². The highest BCUT2D eigenvalue weighted by Crippen LogP contribution is 2.21. The van der Waals surface area contributed by atoms with Crippen molar-refractivity contribution >= 4 is 28.7 Å². The van der Waals surface area contributed by atoms with Gasteiger partial charge in [0.05, 0.1) is 6.33 Å². The summed E-state index contributed by atoms with van der Waals surface area (Å²) in [5.74, 6) is 1.52. The summed E-state index contributed by atoms with van der Waals surface area (Å²) in [6, 6.07) is 0. The fourth-order valence-corrected chi connectivity index (χ4v) is 2.79. The van der Waals surface area contributed by atoms with Crippen molar-refractivity contribution < 1.29 is 0 Å². The number of aromatic amines is 1. The Morgan fingerprint density at radius 1 is 1.16 bits per heavy atom. The molecular formula is C13H21N5S. The zero-order valence-corrected chi connectivity index (χ0v) is 12.2. The lowest BCUT2D eigenvalue weighted by molar-refractivity contribution is 0.627. The van der Waals surface area contributed by atoms with Crippen LogP contribution in [-0.4, -0.2) is 25.7 Å². The van der Waals surface area contributed by atoms with Crippen molar-refractivity contribution in [2.75, 3.05) is 11.5 Å². The number of thioether (sulfide) groups is 1. The number of hydrogen-bond donors (Lipinski definition) is 2. The molecule has 0 saturated carbocycles. The summed E-state index contributed by atoms with van der Waals surface area (Å²) in [5.41, 5.74) is 7.23. The molecule has 6 heteroatoms. The second kappa shape index (κ2) is 7.33. The highest BCUT2D eigenvalue weighted by atomic mass is 32.2. The Bertz CT molecular complexity index is 511. The van der Waals surface area contributed by atoms with Crippen LogP contribution in [0.1, 0.15) is 45.4 Å². The molecule has 0 aromatic carbocycles. The van der Waals surface area contributed by atoms with Gasteiger partial charge in [0.25, 0.3) is 0 Å². The number of hydrogen-bond acceptors (Lipinski definition) is 5. The van der Waals surface area contributed by atoms with Gasteiger partial charge < -0.3 is 10.7 Å². The average molecular weight is 279 g/mol. The lowest BCUT2D eigenvalue weighted by Crippen LogP contribution is -1.97. The molecule has 0 bridgehead atoms. The van der Waals surface area contributed by atoms with E-state index in [1.165, 1.54) is 38.5 Å². The molecule has 5 nitrogen and oxygen atoms in total. The van der Waals surface area contributed by atoms with Crippen LogP contribution < -0.4 is 5.73 Å². The third kappa shape index (κ3) is 4.09. The molecule has 3 N–H and O–H groups in total. The molecule has 2 aromatic heterocycles. The van der Waals surface area contributed by atoms with Gasteiger partial charge >= 0.3 is 0 Å². The Kier molecular flexibility index (Phi) is 5.44. The monoisotopic (exact) mass is 279 g/mol. The van der Waals surface area contributed by atoms with E-state index in [9.17, 15) is 0 Å². The van der Waals surface area contributed by atoms with Crippen molar-refractivity contribution in [3.63, 3.8) is 0 Å². The Balaban J connectivity index is 1.75. The van der Waals surface area contributed by atoms with Gasteiger partial charge in [-0.25, -0.2) is 15.0 Å². The number of H-pyrrole nitrogens is 1. The zero-order chi connectivity index (χ0) is 13.5. The first-order valence-corrected chi connectivity index (χ1v) is 7.89. The molecule has 104 valence electrons. The molecule has 19 heavy (non-hydrogen) atoms. The molecule has 0 aliphatic rings. The molecule has 0 aliphatic heterocycles. The van der Waals surface area contributed by atoms with E-state index in [1.807, 2.05) is 0 Å². The maximum Gasteiger partial charge on any atom is 0.191 e. The van der Waals surface area contributed by atoms with Gasteiger partial charge in [0.1, 0.15) is 5.52 Å². The van der Waals surface area contributed by atoms with Crippen molar-refractivity contribution in [2.24, 2.45) is 0 Å². The number of imidazole rings is 1. The maximum atomic E-state index is 5.85. The summed E-state index contributed by atoms with van der Waals surface area (Å²) >= 11 is 1.66. The van der Waals surface area contributed by atoms with E-state index in [0.29, 0.717) is 11.5 Å². The number of nitrogens with zero attached hydrogens (tertiary/aromatic N) is 3. The van der Waals surface area contributed by atoms with E-state index in [1.54, 1.807) is 18.1 Å². The smallest absolute Gasteiger partial charge is 0.191 e. The minimum atomic E-state index is 0.480. The van der Waals surface area contributed by atoms with E-state index >= 15 is 0 Å². The van der Waals surface area contributed by atoms with Gasteiger partial charge in [0, 0.05) is 5.75 Å². The number of aromatic nitrogens is 4. The number of fused-ring (bicyclic) bond motifs is 1. The lowest BCUT2D eigenvalue weighted by Gasteiger charge is -2.02. The zero-order valence-electron chi connectivity index (χ0n) is 11.4. The fraction of sp³-hybridized carbons (Fsp3) is 0.615. The minimum absolute atomic E-state index is 0.480. The van der Waals surface area contributed by atoms with Gasteiger partial charge in [-0.2, -0.15) is 0 Å².